The van der Waals surface area contributed by atoms with Gasteiger partial charge in [-0.25, -0.2) is 4.99 Å². The van der Waals surface area contributed by atoms with Crippen LogP contribution in [-0.2, 0) is 0 Å². The fourth-order valence-corrected chi connectivity index (χ4v) is 6.34. The van der Waals surface area contributed by atoms with Crippen molar-refractivity contribution >= 4 is 82.3 Å². The number of nitrogens with zero attached hydrogens (tertiary/aromatic N) is 3. The Bertz CT molecular complexity index is 2250. The van der Waals surface area contributed by atoms with Crippen LogP contribution < -0.4 is 0 Å². The monoisotopic (exact) mass is 476 g/mol. The van der Waals surface area contributed by atoms with Crippen LogP contribution in [0.25, 0.3) is 70.7 Å². The van der Waals surface area contributed by atoms with Crippen LogP contribution in [0, 0.1) is 5.41 Å². The molecule has 0 fully saturated rings. The summed E-state index contributed by atoms with van der Waals surface area (Å²) in [5.74, 6) is 0.258. The highest BCUT2D eigenvalue weighted by Crippen LogP contribution is 2.44. The first kappa shape index (κ1) is 20.5. The Hall–Kier alpha value is -4.70. The molecule has 0 bridgehead atoms. The van der Waals surface area contributed by atoms with Crippen molar-refractivity contribution in [2.24, 2.45) is 4.99 Å². The van der Waals surface area contributed by atoms with E-state index in [0.717, 1.165) is 23.2 Å². The van der Waals surface area contributed by atoms with Crippen LogP contribution in [0.15, 0.2) is 96.0 Å². The zero-order chi connectivity index (χ0) is 24.8. The first-order valence-corrected chi connectivity index (χ1v) is 12.8. The quantitative estimate of drug-likeness (QED) is 0.182. The van der Waals surface area contributed by atoms with E-state index in [-0.39, 0.29) is 5.96 Å². The van der Waals surface area contributed by atoms with Crippen LogP contribution in [0.4, 0.5) is 0 Å². The lowest BCUT2D eigenvalue weighted by molar-refractivity contribution is 1.17. The lowest BCUT2D eigenvalue weighted by Gasteiger charge is -2.11. The molecular weight excluding hydrogens is 452 g/mol. The normalized spacial score (nSPS) is 13.0. The Morgan fingerprint density at radius 2 is 1.30 bits per heavy atom. The number of aliphatic imine (C=N–C) groups is 1. The molecule has 37 heavy (non-hydrogen) atoms. The maximum Gasteiger partial charge on any atom is 0.226 e. The van der Waals surface area contributed by atoms with Crippen LogP contribution in [0.5, 0.6) is 0 Å². The van der Waals surface area contributed by atoms with E-state index in [1.54, 1.807) is 0 Å². The molecule has 0 unspecified atom stereocenters. The highest BCUT2D eigenvalue weighted by molar-refractivity contribution is 6.35. The molecule has 8 rings (SSSR count). The molecule has 3 aromatic heterocycles. The summed E-state index contributed by atoms with van der Waals surface area (Å²) in [5.41, 5.74) is 6.57. The molecule has 4 nitrogen and oxygen atoms in total. The Kier molecular flexibility index (Phi) is 3.97. The van der Waals surface area contributed by atoms with Gasteiger partial charge in [0.15, 0.2) is 0 Å². The van der Waals surface area contributed by atoms with Crippen LogP contribution in [0.2, 0.25) is 0 Å². The Morgan fingerprint density at radius 3 is 2.14 bits per heavy atom. The fourth-order valence-electron chi connectivity index (χ4n) is 6.34. The Labute approximate surface area is 212 Å². The number of nitrogens with one attached hydrogen (secondary N) is 1. The van der Waals surface area contributed by atoms with Crippen LogP contribution >= 0.6 is 0 Å². The van der Waals surface area contributed by atoms with E-state index in [0.29, 0.717) is 0 Å². The molecule has 176 valence electrons. The highest BCUT2D eigenvalue weighted by Gasteiger charge is 2.23. The van der Waals surface area contributed by atoms with Gasteiger partial charge in [0.25, 0.3) is 0 Å². The van der Waals surface area contributed by atoms with E-state index in [1.807, 2.05) is 11.5 Å². The molecule has 0 amide bonds. The zero-order valence-electron chi connectivity index (χ0n) is 20.7. The van der Waals surface area contributed by atoms with E-state index in [9.17, 15) is 0 Å². The lowest BCUT2D eigenvalue weighted by Crippen LogP contribution is -2.09. The van der Waals surface area contributed by atoms with Gasteiger partial charge in [0.1, 0.15) is 0 Å². The van der Waals surface area contributed by atoms with Crippen LogP contribution in [0.3, 0.4) is 0 Å². The number of hydrogen-bond acceptors (Lipinski definition) is 1. The number of benzene rings is 5. The van der Waals surface area contributed by atoms with Crippen molar-refractivity contribution < 1.29 is 0 Å². The van der Waals surface area contributed by atoms with E-state index in [1.165, 1.54) is 59.6 Å². The van der Waals surface area contributed by atoms with Crippen molar-refractivity contribution in [1.82, 2.24) is 8.97 Å². The van der Waals surface area contributed by atoms with Crippen molar-refractivity contribution in [1.29, 1.82) is 5.41 Å². The maximum absolute atomic E-state index is 9.07. The number of rotatable bonds is 1. The first-order valence-electron chi connectivity index (χ1n) is 12.8. The molecule has 0 spiro atoms. The third-order valence-electron chi connectivity index (χ3n) is 8.02. The number of fused-ring (bicyclic) bond motifs is 5. The van der Waals surface area contributed by atoms with E-state index >= 15 is 0 Å². The number of hydrogen-bond donors (Lipinski definition) is 1. The van der Waals surface area contributed by atoms with E-state index in [2.05, 4.69) is 107 Å². The van der Waals surface area contributed by atoms with E-state index < -0.39 is 0 Å². The highest BCUT2D eigenvalue weighted by atomic mass is 15.2. The zero-order valence-corrected chi connectivity index (χ0v) is 20.7. The second kappa shape index (κ2) is 7.17. The summed E-state index contributed by atoms with van der Waals surface area (Å²) >= 11 is 0. The summed E-state index contributed by atoms with van der Waals surface area (Å²) < 4.78 is 4.48. The molecule has 1 N–H and O–H groups in total. The predicted molar refractivity (Wildman–Crippen MR) is 158 cm³/mol. The topological polar surface area (TPSA) is 45.5 Å². The Balaban J connectivity index is 1.80. The van der Waals surface area contributed by atoms with Crippen molar-refractivity contribution in [3.8, 4) is 0 Å². The molecule has 0 aliphatic rings. The average molecular weight is 477 g/mol. The standard InChI is InChI=1S/C33H24N4/c1-3-19(2)35-33(34)37-27-16-8-13-23-22-12-6-9-20-10-7-15-26(29(20)22)36-25-14-5-4-11-21(25)24-17-18-28(37)31(30(23)27)32(24)36/h4-18,34H,3H2,1-2H3. The molecule has 0 aliphatic carbocycles. The van der Waals surface area contributed by atoms with Gasteiger partial charge in [0.05, 0.1) is 27.6 Å². The summed E-state index contributed by atoms with van der Waals surface area (Å²) in [4.78, 5) is 4.69. The van der Waals surface area contributed by atoms with Crippen molar-refractivity contribution in [3.63, 3.8) is 0 Å². The first-order chi connectivity index (χ1) is 18.2. The molecule has 0 atom stereocenters. The van der Waals surface area contributed by atoms with Gasteiger partial charge in [-0.3, -0.25) is 9.98 Å². The minimum Gasteiger partial charge on any atom is -0.308 e. The summed E-state index contributed by atoms with van der Waals surface area (Å²) in [5, 5.41) is 18.8. The van der Waals surface area contributed by atoms with Gasteiger partial charge in [-0.05, 0) is 53.8 Å². The number of para-hydroxylation sites is 1. The smallest absolute Gasteiger partial charge is 0.226 e. The van der Waals surface area contributed by atoms with Gasteiger partial charge in [-0.2, -0.15) is 0 Å². The summed E-state index contributed by atoms with van der Waals surface area (Å²) in [6, 6.07) is 32.8. The second-order valence-electron chi connectivity index (χ2n) is 9.95. The minimum absolute atomic E-state index is 0.258. The Morgan fingerprint density at radius 1 is 0.649 bits per heavy atom. The molecule has 8 aromatic rings. The van der Waals surface area contributed by atoms with Gasteiger partial charge in [-0.15, -0.1) is 0 Å². The van der Waals surface area contributed by atoms with Crippen LogP contribution in [0.1, 0.15) is 20.3 Å². The average Bonchev–Trinajstić information content (AvgIpc) is 3.44. The van der Waals surface area contributed by atoms with Gasteiger partial charge in [-0.1, -0.05) is 73.7 Å². The molecule has 0 saturated heterocycles. The summed E-state index contributed by atoms with van der Waals surface area (Å²) in [6.07, 6.45) is 0.820. The summed E-state index contributed by atoms with van der Waals surface area (Å²) in [7, 11) is 0. The molecule has 3 heterocycles. The third-order valence-corrected chi connectivity index (χ3v) is 8.02. The number of aromatic nitrogens is 2. The lowest BCUT2D eigenvalue weighted by atomic mass is 9.98. The van der Waals surface area contributed by atoms with E-state index in [4.69, 9.17) is 5.41 Å². The minimum atomic E-state index is 0.258. The van der Waals surface area contributed by atoms with Gasteiger partial charge in [0, 0.05) is 32.6 Å². The largest absolute Gasteiger partial charge is 0.308 e. The van der Waals surface area contributed by atoms with Gasteiger partial charge in [0.2, 0.25) is 5.96 Å². The van der Waals surface area contributed by atoms with Gasteiger partial charge < -0.3 is 4.40 Å². The SMILES string of the molecule is CCC(C)=NC(=N)n1c2cccc3c4cccc5cccc(c54)n4c5ccccc5c5ccc1c(c32)c54. The van der Waals surface area contributed by atoms with Crippen molar-refractivity contribution in [2.75, 3.05) is 0 Å². The molecule has 4 heteroatoms. The molecule has 0 aliphatic heterocycles. The summed E-state index contributed by atoms with van der Waals surface area (Å²) in [6.45, 7) is 4.08. The maximum atomic E-state index is 9.07. The molecule has 0 radical (unpaired) electrons. The molecular formula is C33H24N4. The van der Waals surface area contributed by atoms with Crippen molar-refractivity contribution in [3.05, 3.63) is 91.0 Å². The van der Waals surface area contributed by atoms with Crippen molar-refractivity contribution in [2.45, 2.75) is 20.3 Å². The predicted octanol–water partition coefficient (Wildman–Crippen LogP) is 8.75. The third kappa shape index (κ3) is 2.52. The second-order valence-corrected chi connectivity index (χ2v) is 9.95. The van der Waals surface area contributed by atoms with Gasteiger partial charge >= 0.3 is 0 Å². The molecule has 0 saturated carbocycles. The molecule has 5 aromatic carbocycles. The fraction of sp³-hybridized carbons (Fsp3) is 0.0909. The van der Waals surface area contributed by atoms with Crippen LogP contribution in [-0.4, -0.2) is 20.6 Å².